The summed E-state index contributed by atoms with van der Waals surface area (Å²) in [6, 6.07) is 5.77. The summed E-state index contributed by atoms with van der Waals surface area (Å²) < 4.78 is 36.5. The lowest BCUT2D eigenvalue weighted by Gasteiger charge is -2.30. The van der Waals surface area contributed by atoms with Crippen LogP contribution in [-0.2, 0) is 11.2 Å². The van der Waals surface area contributed by atoms with E-state index in [2.05, 4.69) is 5.32 Å². The van der Waals surface area contributed by atoms with Crippen LogP contribution >= 0.6 is 0 Å². The Hall–Kier alpha value is -2.25. The highest BCUT2D eigenvalue weighted by molar-refractivity contribution is 5.89. The Kier molecular flexibility index (Phi) is 5.69. The highest BCUT2D eigenvalue weighted by Gasteiger charge is 2.28. The van der Waals surface area contributed by atoms with Gasteiger partial charge in [-0.15, -0.1) is 0 Å². The molecule has 24 heavy (non-hydrogen) atoms. The molecule has 1 saturated heterocycles. The van der Waals surface area contributed by atoms with Crippen LogP contribution in [0.5, 0.6) is 0 Å². The van der Waals surface area contributed by atoms with E-state index < -0.39 is 30.5 Å². The maximum absolute atomic E-state index is 12.2. The molecule has 2 N–H and O–H groups in total. The predicted octanol–water partition coefficient (Wildman–Crippen LogP) is 3.51. The summed E-state index contributed by atoms with van der Waals surface area (Å²) in [5, 5.41) is 11.7. The summed E-state index contributed by atoms with van der Waals surface area (Å²) in [6.07, 6.45) is -4.01. The van der Waals surface area contributed by atoms with Crippen molar-refractivity contribution in [3.05, 3.63) is 29.8 Å². The van der Waals surface area contributed by atoms with E-state index in [4.69, 9.17) is 5.11 Å². The van der Waals surface area contributed by atoms with Gasteiger partial charge in [0.05, 0.1) is 5.92 Å². The molecule has 2 amide bonds. The van der Waals surface area contributed by atoms with Gasteiger partial charge >= 0.3 is 18.2 Å². The van der Waals surface area contributed by atoms with Crippen LogP contribution in [0, 0.1) is 5.92 Å². The van der Waals surface area contributed by atoms with Gasteiger partial charge in [0.2, 0.25) is 0 Å². The third kappa shape index (κ3) is 5.43. The molecule has 1 atom stereocenters. The SMILES string of the molecule is O=C(O)C1CCCN(C(=O)Nc2ccc(CCC(F)(F)F)cc2)C1. The Morgan fingerprint density at radius 2 is 1.92 bits per heavy atom. The third-order valence-corrected chi connectivity index (χ3v) is 3.96. The average Bonchev–Trinajstić information content (AvgIpc) is 2.53. The number of alkyl halides is 3. The first-order valence-corrected chi connectivity index (χ1v) is 7.69. The van der Waals surface area contributed by atoms with Gasteiger partial charge in [-0.3, -0.25) is 4.79 Å². The molecule has 1 heterocycles. The van der Waals surface area contributed by atoms with Crippen molar-refractivity contribution in [2.45, 2.75) is 31.9 Å². The smallest absolute Gasteiger partial charge is 0.389 e. The number of urea groups is 1. The quantitative estimate of drug-likeness (QED) is 0.878. The van der Waals surface area contributed by atoms with Crippen molar-refractivity contribution < 1.29 is 27.9 Å². The minimum atomic E-state index is -4.19. The number of aryl methyl sites for hydroxylation is 1. The Morgan fingerprint density at radius 3 is 2.50 bits per heavy atom. The molecule has 1 aliphatic rings. The molecule has 1 aromatic carbocycles. The third-order valence-electron chi connectivity index (χ3n) is 3.96. The number of hydrogen-bond donors (Lipinski definition) is 2. The summed E-state index contributed by atoms with van der Waals surface area (Å²) in [7, 11) is 0. The van der Waals surface area contributed by atoms with Crippen LogP contribution in [0.25, 0.3) is 0 Å². The zero-order valence-corrected chi connectivity index (χ0v) is 13.0. The van der Waals surface area contributed by atoms with Crippen LogP contribution < -0.4 is 5.32 Å². The Labute approximate surface area is 137 Å². The second kappa shape index (κ2) is 7.55. The lowest BCUT2D eigenvalue weighted by Crippen LogP contribution is -2.44. The molecular weight excluding hydrogens is 325 g/mol. The zero-order chi connectivity index (χ0) is 17.7. The lowest BCUT2D eigenvalue weighted by atomic mass is 9.99. The summed E-state index contributed by atoms with van der Waals surface area (Å²) in [4.78, 5) is 24.6. The number of aliphatic carboxylic acids is 1. The summed E-state index contributed by atoms with van der Waals surface area (Å²) in [5.74, 6) is -1.48. The Morgan fingerprint density at radius 1 is 1.25 bits per heavy atom. The molecule has 0 spiro atoms. The average molecular weight is 344 g/mol. The maximum atomic E-state index is 12.2. The molecule has 2 rings (SSSR count). The number of carbonyl (C=O) groups is 2. The van der Waals surface area contributed by atoms with Gasteiger partial charge in [-0.25, -0.2) is 4.79 Å². The Bertz CT molecular complexity index is 587. The van der Waals surface area contributed by atoms with Gasteiger partial charge in [-0.1, -0.05) is 12.1 Å². The number of hydrogen-bond acceptors (Lipinski definition) is 2. The molecule has 0 bridgehead atoms. The number of amides is 2. The summed E-state index contributed by atoms with van der Waals surface area (Å²) in [5.41, 5.74) is 1.00. The minimum absolute atomic E-state index is 0.107. The van der Waals surface area contributed by atoms with Crippen molar-refractivity contribution in [2.24, 2.45) is 5.92 Å². The molecule has 0 saturated carbocycles. The first kappa shape index (κ1) is 18.1. The molecule has 0 aliphatic carbocycles. The lowest BCUT2D eigenvalue weighted by molar-refractivity contribution is -0.143. The molecule has 0 radical (unpaired) electrons. The molecule has 8 heteroatoms. The number of anilines is 1. The fourth-order valence-corrected chi connectivity index (χ4v) is 2.61. The maximum Gasteiger partial charge on any atom is 0.389 e. The normalized spacial score (nSPS) is 18.3. The van der Waals surface area contributed by atoms with E-state index in [1.54, 1.807) is 12.1 Å². The van der Waals surface area contributed by atoms with Gasteiger partial charge in [-0.2, -0.15) is 13.2 Å². The molecule has 1 unspecified atom stereocenters. The number of nitrogens with zero attached hydrogens (tertiary/aromatic N) is 1. The van der Waals surface area contributed by atoms with E-state index in [1.807, 2.05) is 0 Å². The van der Waals surface area contributed by atoms with E-state index >= 15 is 0 Å². The van der Waals surface area contributed by atoms with Crippen molar-refractivity contribution in [3.63, 3.8) is 0 Å². The van der Waals surface area contributed by atoms with Crippen molar-refractivity contribution in [1.82, 2.24) is 4.90 Å². The number of halogens is 3. The first-order chi connectivity index (χ1) is 11.2. The molecule has 1 aromatic rings. The number of carboxylic acids is 1. The van der Waals surface area contributed by atoms with Crippen molar-refractivity contribution in [1.29, 1.82) is 0 Å². The zero-order valence-electron chi connectivity index (χ0n) is 13.0. The molecule has 132 valence electrons. The van der Waals surface area contributed by atoms with Crippen LogP contribution in [-0.4, -0.2) is 41.3 Å². The van der Waals surface area contributed by atoms with Gasteiger partial charge in [0.15, 0.2) is 0 Å². The van der Waals surface area contributed by atoms with Gasteiger partial charge in [0, 0.05) is 25.2 Å². The summed E-state index contributed by atoms with van der Waals surface area (Å²) in [6.45, 7) is 0.643. The topological polar surface area (TPSA) is 69.6 Å². The fraction of sp³-hybridized carbons (Fsp3) is 0.500. The number of likely N-dealkylation sites (tertiary alicyclic amines) is 1. The van der Waals surface area contributed by atoms with Crippen LogP contribution in [0.3, 0.4) is 0 Å². The molecular formula is C16H19F3N2O3. The second-order valence-corrected chi connectivity index (χ2v) is 5.87. The number of nitrogens with one attached hydrogen (secondary N) is 1. The fourth-order valence-electron chi connectivity index (χ4n) is 2.61. The van der Waals surface area contributed by atoms with Gasteiger partial charge < -0.3 is 15.3 Å². The molecule has 1 aliphatic heterocycles. The first-order valence-electron chi connectivity index (χ1n) is 7.69. The minimum Gasteiger partial charge on any atom is -0.481 e. The molecule has 0 aromatic heterocycles. The highest BCUT2D eigenvalue weighted by atomic mass is 19.4. The summed E-state index contributed by atoms with van der Waals surface area (Å²) >= 11 is 0. The van der Waals surface area contributed by atoms with E-state index in [-0.39, 0.29) is 13.0 Å². The van der Waals surface area contributed by atoms with Crippen LogP contribution in [0.1, 0.15) is 24.8 Å². The van der Waals surface area contributed by atoms with Crippen LogP contribution in [0.4, 0.5) is 23.7 Å². The molecule has 5 nitrogen and oxygen atoms in total. The van der Waals surface area contributed by atoms with Gasteiger partial charge in [0.1, 0.15) is 0 Å². The Balaban J connectivity index is 1.88. The highest BCUT2D eigenvalue weighted by Crippen LogP contribution is 2.23. The second-order valence-electron chi connectivity index (χ2n) is 5.87. The van der Waals surface area contributed by atoms with Crippen molar-refractivity contribution >= 4 is 17.7 Å². The van der Waals surface area contributed by atoms with Crippen molar-refractivity contribution in [2.75, 3.05) is 18.4 Å². The number of piperidine rings is 1. The number of benzene rings is 1. The standard InChI is InChI=1S/C16H19F3N2O3/c17-16(18,19)8-7-11-3-5-13(6-4-11)20-15(24)21-9-1-2-12(10-21)14(22)23/h3-6,12H,1-2,7-10H2,(H,20,24)(H,22,23). The van der Waals surface area contributed by atoms with Gasteiger partial charge in [0.25, 0.3) is 0 Å². The van der Waals surface area contributed by atoms with E-state index in [1.165, 1.54) is 17.0 Å². The van der Waals surface area contributed by atoms with E-state index in [0.29, 0.717) is 30.6 Å². The van der Waals surface area contributed by atoms with Crippen LogP contribution in [0.2, 0.25) is 0 Å². The van der Waals surface area contributed by atoms with Crippen molar-refractivity contribution in [3.8, 4) is 0 Å². The van der Waals surface area contributed by atoms with E-state index in [0.717, 1.165) is 0 Å². The van der Waals surface area contributed by atoms with Gasteiger partial charge in [-0.05, 0) is 37.0 Å². The predicted molar refractivity (Wildman–Crippen MR) is 81.8 cm³/mol. The monoisotopic (exact) mass is 344 g/mol. The van der Waals surface area contributed by atoms with E-state index in [9.17, 15) is 22.8 Å². The van der Waals surface area contributed by atoms with Crippen LogP contribution in [0.15, 0.2) is 24.3 Å². The number of rotatable bonds is 4. The number of carbonyl (C=O) groups excluding carboxylic acids is 1. The largest absolute Gasteiger partial charge is 0.481 e. The number of carboxylic acid groups (broad SMARTS) is 1. The molecule has 1 fully saturated rings.